The highest BCUT2D eigenvalue weighted by Crippen LogP contribution is 2.25. The van der Waals surface area contributed by atoms with E-state index in [9.17, 15) is 4.79 Å². The van der Waals surface area contributed by atoms with Gasteiger partial charge in [0.05, 0.1) is 6.54 Å². The number of aromatic nitrogens is 2. The van der Waals surface area contributed by atoms with Crippen LogP contribution in [-0.4, -0.2) is 21.8 Å². The fraction of sp³-hybridized carbons (Fsp3) is 0.412. The van der Waals surface area contributed by atoms with E-state index >= 15 is 0 Å². The van der Waals surface area contributed by atoms with Crippen LogP contribution in [0.1, 0.15) is 30.5 Å². The van der Waals surface area contributed by atoms with Crippen LogP contribution in [0, 0.1) is 13.8 Å². The summed E-state index contributed by atoms with van der Waals surface area (Å²) in [6.45, 7) is 9.07. The quantitative estimate of drug-likeness (QED) is 0.658. The molecule has 0 fully saturated rings. The summed E-state index contributed by atoms with van der Waals surface area (Å²) in [5.41, 5.74) is 3.14. The van der Waals surface area contributed by atoms with Crippen molar-refractivity contribution in [2.75, 3.05) is 0 Å². The Labute approximate surface area is 131 Å². The molecule has 5 heteroatoms. The lowest BCUT2D eigenvalue weighted by molar-refractivity contribution is -0.131. The molecule has 0 spiro atoms. The van der Waals surface area contributed by atoms with Crippen LogP contribution in [-0.2, 0) is 17.9 Å². The lowest BCUT2D eigenvalue weighted by Gasteiger charge is -2.16. The van der Waals surface area contributed by atoms with Crippen LogP contribution in [0.15, 0.2) is 30.6 Å². The number of rotatable bonds is 6. The molecule has 1 aromatic heterocycles. The lowest BCUT2D eigenvalue weighted by Crippen LogP contribution is -2.30. The van der Waals surface area contributed by atoms with Gasteiger partial charge in [-0.05, 0) is 43.5 Å². The fourth-order valence-electron chi connectivity index (χ4n) is 2.49. The third-order valence-electron chi connectivity index (χ3n) is 3.44. The number of nitrogens with one attached hydrogen (secondary N) is 1. The molecule has 0 radical (unpaired) electrons. The summed E-state index contributed by atoms with van der Waals surface area (Å²) in [7, 11) is 0. The molecule has 2 rings (SSSR count). The molecule has 1 atom stereocenters. The van der Waals surface area contributed by atoms with Crippen molar-refractivity contribution in [3.05, 3.63) is 47.3 Å². The first kappa shape index (κ1) is 16.2. The molecule has 0 saturated heterocycles. The Kier molecular flexibility index (Phi) is 5.33. The number of benzene rings is 1. The molecular formula is C17H23N3O2. The molecule has 118 valence electrons. The summed E-state index contributed by atoms with van der Waals surface area (Å²) >= 11 is 0. The van der Waals surface area contributed by atoms with Crippen LogP contribution >= 0.6 is 0 Å². The van der Waals surface area contributed by atoms with Gasteiger partial charge in [0.25, 0.3) is 0 Å². The summed E-state index contributed by atoms with van der Waals surface area (Å²) in [6, 6.07) is 6.35. The second kappa shape index (κ2) is 7.22. The number of nitrogens with zero attached hydrogens (tertiary/aromatic N) is 2. The van der Waals surface area contributed by atoms with E-state index in [-0.39, 0.29) is 5.97 Å². The van der Waals surface area contributed by atoms with E-state index in [1.165, 1.54) is 12.5 Å². The smallest absolute Gasteiger partial charge is 0.308 e. The summed E-state index contributed by atoms with van der Waals surface area (Å²) in [6.07, 6.45) is 3.74. The molecule has 0 aliphatic heterocycles. The van der Waals surface area contributed by atoms with Gasteiger partial charge in [-0.15, -0.1) is 0 Å². The monoisotopic (exact) mass is 301 g/mol. The SMILES string of the molecule is CC(=O)Oc1c(C)cc(CN[C@H](C)Cn2cccn2)cc1C. The predicted molar refractivity (Wildman–Crippen MR) is 85.8 cm³/mol. The average Bonchev–Trinajstić information content (AvgIpc) is 2.93. The Morgan fingerprint density at radius 2 is 2.05 bits per heavy atom. The van der Waals surface area contributed by atoms with Gasteiger partial charge in [-0.2, -0.15) is 5.10 Å². The minimum Gasteiger partial charge on any atom is -0.426 e. The maximum absolute atomic E-state index is 11.1. The normalized spacial score (nSPS) is 12.2. The highest BCUT2D eigenvalue weighted by Gasteiger charge is 2.09. The molecule has 1 N–H and O–H groups in total. The van der Waals surface area contributed by atoms with Gasteiger partial charge >= 0.3 is 5.97 Å². The van der Waals surface area contributed by atoms with Crippen LogP contribution in [0.5, 0.6) is 5.75 Å². The Hall–Kier alpha value is -2.14. The minimum atomic E-state index is -0.287. The summed E-state index contributed by atoms with van der Waals surface area (Å²) < 4.78 is 7.17. The minimum absolute atomic E-state index is 0.287. The zero-order chi connectivity index (χ0) is 16.1. The van der Waals surface area contributed by atoms with Crippen molar-refractivity contribution in [2.24, 2.45) is 0 Å². The summed E-state index contributed by atoms with van der Waals surface area (Å²) in [5, 5.41) is 7.69. The second-order valence-electron chi connectivity index (χ2n) is 5.66. The molecule has 1 heterocycles. The molecule has 2 aromatic rings. The van der Waals surface area contributed by atoms with E-state index in [4.69, 9.17) is 4.74 Å². The fourth-order valence-corrected chi connectivity index (χ4v) is 2.49. The van der Waals surface area contributed by atoms with Gasteiger partial charge in [-0.25, -0.2) is 0 Å². The van der Waals surface area contributed by atoms with Crippen LogP contribution in [0.2, 0.25) is 0 Å². The summed E-state index contributed by atoms with van der Waals surface area (Å²) in [4.78, 5) is 11.1. The first-order valence-electron chi connectivity index (χ1n) is 7.45. The number of esters is 1. The molecule has 0 bridgehead atoms. The maximum atomic E-state index is 11.1. The maximum Gasteiger partial charge on any atom is 0.308 e. The van der Waals surface area contributed by atoms with Crippen LogP contribution < -0.4 is 10.1 Å². The lowest BCUT2D eigenvalue weighted by atomic mass is 10.1. The van der Waals surface area contributed by atoms with E-state index in [0.29, 0.717) is 11.8 Å². The van der Waals surface area contributed by atoms with Crippen LogP contribution in [0.3, 0.4) is 0 Å². The molecule has 0 unspecified atom stereocenters. The van der Waals surface area contributed by atoms with E-state index in [0.717, 1.165) is 24.2 Å². The third kappa shape index (κ3) is 4.43. The van der Waals surface area contributed by atoms with E-state index in [2.05, 4.69) is 29.5 Å². The first-order chi connectivity index (χ1) is 10.5. The highest BCUT2D eigenvalue weighted by atomic mass is 16.5. The van der Waals surface area contributed by atoms with Gasteiger partial charge in [0.1, 0.15) is 5.75 Å². The molecule has 22 heavy (non-hydrogen) atoms. The third-order valence-corrected chi connectivity index (χ3v) is 3.44. The molecule has 0 aliphatic rings. The Morgan fingerprint density at radius 3 is 2.59 bits per heavy atom. The molecular weight excluding hydrogens is 278 g/mol. The Balaban J connectivity index is 1.97. The zero-order valence-electron chi connectivity index (χ0n) is 13.6. The van der Waals surface area contributed by atoms with Gasteiger partial charge < -0.3 is 10.1 Å². The van der Waals surface area contributed by atoms with Crippen molar-refractivity contribution in [3.8, 4) is 5.75 Å². The largest absolute Gasteiger partial charge is 0.426 e. The van der Waals surface area contributed by atoms with Crippen molar-refractivity contribution >= 4 is 5.97 Å². The van der Waals surface area contributed by atoms with Gasteiger partial charge in [0.2, 0.25) is 0 Å². The number of carbonyl (C=O) groups excluding carboxylic acids is 1. The van der Waals surface area contributed by atoms with Crippen LogP contribution in [0.4, 0.5) is 0 Å². The van der Waals surface area contributed by atoms with Gasteiger partial charge in [-0.1, -0.05) is 12.1 Å². The number of carbonyl (C=O) groups is 1. The second-order valence-corrected chi connectivity index (χ2v) is 5.66. The molecule has 0 amide bonds. The molecule has 1 aromatic carbocycles. The zero-order valence-corrected chi connectivity index (χ0v) is 13.6. The Bertz CT molecular complexity index is 612. The van der Waals surface area contributed by atoms with E-state index in [1.54, 1.807) is 6.20 Å². The highest BCUT2D eigenvalue weighted by molar-refractivity contribution is 5.70. The number of aryl methyl sites for hydroxylation is 2. The van der Waals surface area contributed by atoms with Gasteiger partial charge in [0, 0.05) is 31.9 Å². The first-order valence-corrected chi connectivity index (χ1v) is 7.45. The average molecular weight is 301 g/mol. The summed E-state index contributed by atoms with van der Waals surface area (Å²) in [5.74, 6) is 0.380. The van der Waals surface area contributed by atoms with Crippen molar-refractivity contribution in [1.29, 1.82) is 0 Å². The number of hydrogen-bond donors (Lipinski definition) is 1. The predicted octanol–water partition coefficient (Wildman–Crippen LogP) is 2.60. The van der Waals surface area contributed by atoms with Gasteiger partial charge in [0.15, 0.2) is 0 Å². The van der Waals surface area contributed by atoms with E-state index in [1.807, 2.05) is 30.8 Å². The number of hydrogen-bond acceptors (Lipinski definition) is 4. The van der Waals surface area contributed by atoms with E-state index < -0.39 is 0 Å². The van der Waals surface area contributed by atoms with Crippen LogP contribution in [0.25, 0.3) is 0 Å². The molecule has 0 aliphatic carbocycles. The Morgan fingerprint density at radius 1 is 1.36 bits per heavy atom. The number of ether oxygens (including phenoxy) is 1. The van der Waals surface area contributed by atoms with Crippen molar-refractivity contribution in [2.45, 2.75) is 46.8 Å². The van der Waals surface area contributed by atoms with Crippen molar-refractivity contribution < 1.29 is 9.53 Å². The van der Waals surface area contributed by atoms with Crippen molar-refractivity contribution in [1.82, 2.24) is 15.1 Å². The van der Waals surface area contributed by atoms with Crippen molar-refractivity contribution in [3.63, 3.8) is 0 Å². The standard InChI is InChI=1S/C17H23N3O2/c1-12-8-16(9-13(2)17(12)22-15(4)21)10-18-14(3)11-20-7-5-6-19-20/h5-9,14,18H,10-11H2,1-4H3/t14-/m1/s1. The molecule has 5 nitrogen and oxygen atoms in total. The van der Waals surface area contributed by atoms with Gasteiger partial charge in [-0.3, -0.25) is 9.48 Å². The topological polar surface area (TPSA) is 56.1 Å². The molecule has 0 saturated carbocycles.